The Morgan fingerprint density at radius 2 is 1.48 bits per heavy atom. The van der Waals surface area contributed by atoms with Crippen LogP contribution in [0.1, 0.15) is 18.4 Å². The van der Waals surface area contributed by atoms with Crippen LogP contribution in [0.15, 0.2) is 103 Å². The molecule has 1 spiro atoms. The van der Waals surface area contributed by atoms with Crippen molar-refractivity contribution in [3.8, 4) is 0 Å². The molecule has 1 N–H and O–H groups in total. The van der Waals surface area contributed by atoms with Gasteiger partial charge in [-0.05, 0) is 42.0 Å². The summed E-state index contributed by atoms with van der Waals surface area (Å²) >= 11 is 0. The van der Waals surface area contributed by atoms with Gasteiger partial charge < -0.3 is 24.9 Å². The number of piperidine rings is 1. The molecule has 0 atom stereocenters. The summed E-state index contributed by atoms with van der Waals surface area (Å²) in [4.78, 5) is 47.9. The Morgan fingerprint density at radius 1 is 0.833 bits per heavy atom. The first-order chi connectivity index (χ1) is 20.4. The third-order valence-electron chi connectivity index (χ3n) is 8.51. The largest absolute Gasteiger partial charge is 0.340 e. The standard InChI is InChI=1S/C34H35N5O3/c1-36(23-26-11-4-2-5-12-26)31(40)24-38-25-39(28-15-6-3-7-16-28)34(32(38)41)19-21-37(22-20-34)33(42)35-30-18-10-14-27-13-8-9-17-29(27)30/h2-18H,19-25H2,1H3,(H,35,42). The predicted octanol–water partition coefficient (Wildman–Crippen LogP) is 5.17. The lowest BCUT2D eigenvalue weighted by molar-refractivity contribution is -0.140. The Balaban J connectivity index is 1.17. The van der Waals surface area contributed by atoms with Gasteiger partial charge in [-0.3, -0.25) is 9.59 Å². The zero-order valence-electron chi connectivity index (χ0n) is 23.8. The number of anilines is 2. The van der Waals surface area contributed by atoms with Gasteiger partial charge in [0, 0.05) is 37.8 Å². The molecular weight excluding hydrogens is 526 g/mol. The molecule has 0 bridgehead atoms. The van der Waals surface area contributed by atoms with Crippen molar-refractivity contribution < 1.29 is 14.4 Å². The number of amides is 4. The number of hydrogen-bond acceptors (Lipinski definition) is 4. The second-order valence-electron chi connectivity index (χ2n) is 11.1. The van der Waals surface area contributed by atoms with Gasteiger partial charge >= 0.3 is 6.03 Å². The lowest BCUT2D eigenvalue weighted by atomic mass is 9.85. The van der Waals surface area contributed by atoms with Crippen molar-refractivity contribution in [3.05, 3.63) is 109 Å². The van der Waals surface area contributed by atoms with E-state index in [9.17, 15) is 14.4 Å². The number of nitrogens with zero attached hydrogens (tertiary/aromatic N) is 4. The van der Waals surface area contributed by atoms with Crippen molar-refractivity contribution in [1.82, 2.24) is 14.7 Å². The SMILES string of the molecule is CN(Cc1ccccc1)C(=O)CN1CN(c2ccccc2)C2(CCN(C(=O)Nc3cccc4ccccc34)CC2)C1=O. The fourth-order valence-electron chi connectivity index (χ4n) is 6.16. The van der Waals surface area contributed by atoms with Gasteiger partial charge in [0.15, 0.2) is 0 Å². The molecule has 2 fully saturated rings. The molecule has 4 amide bonds. The highest BCUT2D eigenvalue weighted by Gasteiger charge is 2.54. The van der Waals surface area contributed by atoms with E-state index in [1.54, 1.807) is 21.7 Å². The highest BCUT2D eigenvalue weighted by Crippen LogP contribution is 2.39. The van der Waals surface area contributed by atoms with E-state index >= 15 is 0 Å². The molecule has 0 unspecified atom stereocenters. The van der Waals surface area contributed by atoms with E-state index in [-0.39, 0.29) is 24.4 Å². The number of rotatable bonds is 6. The molecule has 8 nitrogen and oxygen atoms in total. The van der Waals surface area contributed by atoms with Crippen LogP contribution >= 0.6 is 0 Å². The van der Waals surface area contributed by atoms with E-state index in [1.165, 1.54) is 0 Å². The summed E-state index contributed by atoms with van der Waals surface area (Å²) in [5.74, 6) is -0.161. The molecule has 0 aromatic heterocycles. The molecule has 2 aliphatic heterocycles. The smallest absolute Gasteiger partial charge is 0.321 e. The summed E-state index contributed by atoms with van der Waals surface area (Å²) in [5.41, 5.74) is 1.94. The maximum atomic E-state index is 14.1. The number of fused-ring (bicyclic) bond motifs is 1. The molecule has 0 aliphatic carbocycles. The van der Waals surface area contributed by atoms with Crippen molar-refractivity contribution in [1.29, 1.82) is 0 Å². The number of carbonyl (C=O) groups is 3. The molecule has 2 saturated heterocycles. The lowest BCUT2D eigenvalue weighted by Gasteiger charge is -2.43. The Bertz CT molecular complexity index is 1580. The van der Waals surface area contributed by atoms with Gasteiger partial charge in [0.25, 0.3) is 5.91 Å². The molecule has 4 aromatic carbocycles. The number of hydrogen-bond donors (Lipinski definition) is 1. The van der Waals surface area contributed by atoms with Gasteiger partial charge in [-0.1, -0.05) is 84.9 Å². The van der Waals surface area contributed by atoms with E-state index in [4.69, 9.17) is 0 Å². The Morgan fingerprint density at radius 3 is 2.21 bits per heavy atom. The Kier molecular flexibility index (Phi) is 7.52. The minimum atomic E-state index is -0.810. The van der Waals surface area contributed by atoms with E-state index in [0.29, 0.717) is 39.1 Å². The van der Waals surface area contributed by atoms with Gasteiger partial charge in [-0.15, -0.1) is 0 Å². The van der Waals surface area contributed by atoms with E-state index in [0.717, 1.165) is 27.7 Å². The first-order valence-corrected chi connectivity index (χ1v) is 14.4. The summed E-state index contributed by atoms with van der Waals surface area (Å²) in [6.45, 7) is 1.69. The average Bonchev–Trinajstić information content (AvgIpc) is 3.28. The lowest BCUT2D eigenvalue weighted by Crippen LogP contribution is -2.58. The average molecular weight is 562 g/mol. The number of benzene rings is 4. The summed E-state index contributed by atoms with van der Waals surface area (Å²) in [6.07, 6.45) is 0.961. The van der Waals surface area contributed by atoms with E-state index in [2.05, 4.69) is 10.2 Å². The fraction of sp³-hybridized carbons (Fsp3) is 0.265. The van der Waals surface area contributed by atoms with Crippen molar-refractivity contribution in [2.24, 2.45) is 0 Å². The van der Waals surface area contributed by atoms with Crippen LogP contribution in [0.5, 0.6) is 0 Å². The summed E-state index contributed by atoms with van der Waals surface area (Å²) in [6, 6.07) is 33.4. The molecule has 6 rings (SSSR count). The second kappa shape index (κ2) is 11.6. The van der Waals surface area contributed by atoms with Crippen LogP contribution in [-0.4, -0.2) is 71.4 Å². The number of likely N-dealkylation sites (N-methyl/N-ethyl adjacent to an activating group) is 1. The van der Waals surface area contributed by atoms with E-state index in [1.807, 2.05) is 103 Å². The molecule has 2 aliphatic rings. The van der Waals surface area contributed by atoms with Gasteiger partial charge in [0.2, 0.25) is 5.91 Å². The molecule has 4 aromatic rings. The van der Waals surface area contributed by atoms with Crippen molar-refractivity contribution >= 4 is 40.0 Å². The van der Waals surface area contributed by atoms with Crippen molar-refractivity contribution in [3.63, 3.8) is 0 Å². The minimum absolute atomic E-state index is 0.0124. The third kappa shape index (κ3) is 5.28. The second-order valence-corrected chi connectivity index (χ2v) is 11.1. The zero-order chi connectivity index (χ0) is 29.1. The number of para-hydroxylation sites is 1. The van der Waals surface area contributed by atoms with Crippen molar-refractivity contribution in [2.45, 2.75) is 24.9 Å². The predicted molar refractivity (Wildman–Crippen MR) is 165 cm³/mol. The van der Waals surface area contributed by atoms with Gasteiger partial charge in [-0.25, -0.2) is 4.79 Å². The van der Waals surface area contributed by atoms with E-state index < -0.39 is 5.54 Å². The minimum Gasteiger partial charge on any atom is -0.340 e. The highest BCUT2D eigenvalue weighted by molar-refractivity contribution is 6.02. The molecule has 42 heavy (non-hydrogen) atoms. The number of likely N-dealkylation sites (tertiary alicyclic amines) is 1. The number of nitrogens with one attached hydrogen (secondary N) is 1. The van der Waals surface area contributed by atoms with Crippen LogP contribution in [0.3, 0.4) is 0 Å². The van der Waals surface area contributed by atoms with Gasteiger partial charge in [-0.2, -0.15) is 0 Å². The molecule has 8 heteroatoms. The Labute approximate surface area is 246 Å². The van der Waals surface area contributed by atoms with Crippen LogP contribution < -0.4 is 10.2 Å². The maximum absolute atomic E-state index is 14.1. The first kappa shape index (κ1) is 27.3. The van der Waals surface area contributed by atoms with Crippen LogP contribution in [0.25, 0.3) is 10.8 Å². The summed E-state index contributed by atoms with van der Waals surface area (Å²) in [5, 5.41) is 5.13. The maximum Gasteiger partial charge on any atom is 0.321 e. The highest BCUT2D eigenvalue weighted by atomic mass is 16.2. The first-order valence-electron chi connectivity index (χ1n) is 14.4. The summed E-state index contributed by atoms with van der Waals surface area (Å²) < 4.78 is 0. The molecule has 0 radical (unpaired) electrons. The third-order valence-corrected chi connectivity index (χ3v) is 8.51. The van der Waals surface area contributed by atoms with Crippen molar-refractivity contribution in [2.75, 3.05) is 43.6 Å². The van der Waals surface area contributed by atoms with Gasteiger partial charge in [0.1, 0.15) is 12.1 Å². The fourth-order valence-corrected chi connectivity index (χ4v) is 6.16. The molecule has 2 heterocycles. The number of urea groups is 1. The van der Waals surface area contributed by atoms with Gasteiger partial charge in [0.05, 0.1) is 12.4 Å². The Hall–Kier alpha value is -4.85. The quantitative estimate of drug-likeness (QED) is 0.352. The van der Waals surface area contributed by atoms with Crippen LogP contribution in [0.4, 0.5) is 16.2 Å². The van der Waals surface area contributed by atoms with Crippen LogP contribution in [0.2, 0.25) is 0 Å². The normalized spacial score (nSPS) is 16.2. The summed E-state index contributed by atoms with van der Waals surface area (Å²) in [7, 11) is 1.77. The van der Waals surface area contributed by atoms with Crippen LogP contribution in [-0.2, 0) is 16.1 Å². The zero-order valence-corrected chi connectivity index (χ0v) is 23.8. The molecule has 214 valence electrons. The molecular formula is C34H35N5O3. The molecule has 0 saturated carbocycles. The monoisotopic (exact) mass is 561 g/mol. The topological polar surface area (TPSA) is 76.2 Å². The van der Waals surface area contributed by atoms with Crippen LogP contribution in [0, 0.1) is 0 Å². The number of carbonyl (C=O) groups excluding carboxylic acids is 3.